The van der Waals surface area contributed by atoms with Crippen LogP contribution < -0.4 is 10.7 Å². The second-order valence-electron chi connectivity index (χ2n) is 9.46. The number of hydrogen-bond acceptors (Lipinski definition) is 10. The van der Waals surface area contributed by atoms with E-state index >= 15 is 0 Å². The van der Waals surface area contributed by atoms with Crippen molar-refractivity contribution in [3.63, 3.8) is 0 Å². The lowest BCUT2D eigenvalue weighted by Crippen LogP contribution is -2.45. The molecule has 13 nitrogen and oxygen atoms in total. The normalized spacial score (nSPS) is 18.9. The van der Waals surface area contributed by atoms with Crippen molar-refractivity contribution in [2.45, 2.75) is 46.1 Å². The zero-order valence-corrected chi connectivity index (χ0v) is 22.1. The van der Waals surface area contributed by atoms with E-state index in [1.165, 1.54) is 6.34 Å². The quantitative estimate of drug-likeness (QED) is 0.311. The SMILES string of the molecule is CCCN(C(=O)OCOC(=O)CO)C(=O)C1CN2NC=NC(=Nc3cc(C(=O)NC4CC4)ccc3C)C2=C1C. The number of esters is 1. The molecule has 39 heavy (non-hydrogen) atoms. The predicted octanol–water partition coefficient (Wildman–Crippen LogP) is 1.54. The summed E-state index contributed by atoms with van der Waals surface area (Å²) in [6.07, 6.45) is 2.98. The summed E-state index contributed by atoms with van der Waals surface area (Å²) in [5.74, 6) is -1.91. The molecule has 1 aliphatic carbocycles. The van der Waals surface area contributed by atoms with Gasteiger partial charge in [-0.15, -0.1) is 0 Å². The number of imide groups is 1. The molecule has 208 valence electrons. The Morgan fingerprint density at radius 2 is 2.00 bits per heavy atom. The summed E-state index contributed by atoms with van der Waals surface area (Å²) in [6, 6.07) is 5.54. The number of fused-ring (bicyclic) bond motifs is 1. The number of carbonyl (C=O) groups is 4. The molecule has 2 aliphatic heterocycles. The maximum atomic E-state index is 13.5. The molecule has 1 atom stereocenters. The van der Waals surface area contributed by atoms with Gasteiger partial charge in [0.1, 0.15) is 18.6 Å². The molecule has 2 heterocycles. The van der Waals surface area contributed by atoms with Gasteiger partial charge in [0.15, 0.2) is 5.84 Å². The van der Waals surface area contributed by atoms with Gasteiger partial charge in [-0.05, 0) is 56.4 Å². The van der Waals surface area contributed by atoms with Gasteiger partial charge in [0.2, 0.25) is 12.7 Å². The molecule has 1 saturated carbocycles. The minimum Gasteiger partial charge on any atom is -0.426 e. The number of hydrazine groups is 1. The second kappa shape index (κ2) is 12.1. The van der Waals surface area contributed by atoms with Gasteiger partial charge in [0, 0.05) is 18.2 Å². The van der Waals surface area contributed by atoms with E-state index in [-0.39, 0.29) is 25.0 Å². The predicted molar refractivity (Wildman–Crippen MR) is 140 cm³/mol. The highest BCUT2D eigenvalue weighted by Crippen LogP contribution is 2.33. The van der Waals surface area contributed by atoms with Crippen LogP contribution >= 0.6 is 0 Å². The van der Waals surface area contributed by atoms with Crippen LogP contribution in [-0.4, -0.2) is 83.6 Å². The highest BCUT2D eigenvalue weighted by Gasteiger charge is 2.41. The highest BCUT2D eigenvalue weighted by atomic mass is 16.7. The lowest BCUT2D eigenvalue weighted by Gasteiger charge is -2.26. The molecule has 1 aromatic rings. The molecular formula is C26H32N6O7. The molecule has 1 unspecified atom stereocenters. The fourth-order valence-electron chi connectivity index (χ4n) is 4.22. The average Bonchev–Trinajstić information content (AvgIpc) is 3.67. The number of carbonyl (C=O) groups excluding carboxylic acids is 4. The topological polar surface area (TPSA) is 162 Å². The number of amidine groups is 1. The summed E-state index contributed by atoms with van der Waals surface area (Å²) >= 11 is 0. The van der Waals surface area contributed by atoms with Crippen molar-refractivity contribution in [1.82, 2.24) is 20.7 Å². The lowest BCUT2D eigenvalue weighted by molar-refractivity contribution is -0.156. The molecule has 3 amide bonds. The van der Waals surface area contributed by atoms with Gasteiger partial charge in [0.05, 0.1) is 18.2 Å². The monoisotopic (exact) mass is 540 g/mol. The van der Waals surface area contributed by atoms with Crippen LogP contribution in [0.5, 0.6) is 0 Å². The van der Waals surface area contributed by atoms with E-state index in [4.69, 9.17) is 14.8 Å². The minimum absolute atomic E-state index is 0.102. The van der Waals surface area contributed by atoms with E-state index in [9.17, 15) is 19.2 Å². The fraction of sp³-hybridized carbons (Fsp3) is 0.462. The van der Waals surface area contributed by atoms with Gasteiger partial charge >= 0.3 is 12.1 Å². The largest absolute Gasteiger partial charge is 0.426 e. The lowest BCUT2D eigenvalue weighted by atomic mass is 10.0. The van der Waals surface area contributed by atoms with Gasteiger partial charge in [-0.25, -0.2) is 24.5 Å². The van der Waals surface area contributed by atoms with E-state index in [2.05, 4.69) is 20.5 Å². The third-order valence-electron chi connectivity index (χ3n) is 6.52. The molecule has 0 bridgehead atoms. The number of benzene rings is 1. The Hall–Kier alpha value is -4.26. The summed E-state index contributed by atoms with van der Waals surface area (Å²) in [4.78, 5) is 59.9. The van der Waals surface area contributed by atoms with Gasteiger partial charge in [0.25, 0.3) is 5.91 Å². The van der Waals surface area contributed by atoms with E-state index < -0.39 is 37.3 Å². The first-order valence-electron chi connectivity index (χ1n) is 12.8. The molecule has 0 spiro atoms. The van der Waals surface area contributed by atoms with Crippen LogP contribution in [0.3, 0.4) is 0 Å². The third kappa shape index (κ3) is 6.42. The van der Waals surface area contributed by atoms with Crippen molar-refractivity contribution < 1.29 is 33.8 Å². The maximum Gasteiger partial charge on any atom is 0.419 e. The Labute approximate surface area is 225 Å². The van der Waals surface area contributed by atoms with Crippen LogP contribution in [0.15, 0.2) is 39.5 Å². The number of amides is 3. The number of aliphatic hydroxyl groups excluding tert-OH is 1. The highest BCUT2D eigenvalue weighted by molar-refractivity contribution is 6.07. The summed E-state index contributed by atoms with van der Waals surface area (Å²) in [6.45, 7) is 4.23. The van der Waals surface area contributed by atoms with E-state index in [1.54, 1.807) is 24.1 Å². The van der Waals surface area contributed by atoms with Gasteiger partial charge in [-0.1, -0.05) is 13.0 Å². The maximum absolute atomic E-state index is 13.5. The number of hydrogen-bond donors (Lipinski definition) is 3. The second-order valence-corrected chi connectivity index (χ2v) is 9.46. The molecule has 4 rings (SSSR count). The molecule has 3 aliphatic rings. The van der Waals surface area contributed by atoms with Crippen molar-refractivity contribution in [3.8, 4) is 0 Å². The van der Waals surface area contributed by atoms with E-state index in [1.807, 2.05) is 19.9 Å². The minimum atomic E-state index is -0.953. The number of ether oxygens (including phenoxy) is 2. The van der Waals surface area contributed by atoms with Crippen LogP contribution in [0.2, 0.25) is 0 Å². The van der Waals surface area contributed by atoms with Gasteiger partial charge in [-0.2, -0.15) is 0 Å². The number of rotatable bonds is 9. The van der Waals surface area contributed by atoms with E-state index in [0.717, 1.165) is 23.3 Å². The van der Waals surface area contributed by atoms with Gasteiger partial charge < -0.3 is 19.9 Å². The van der Waals surface area contributed by atoms with E-state index in [0.29, 0.717) is 34.8 Å². The smallest absolute Gasteiger partial charge is 0.419 e. The molecular weight excluding hydrogens is 508 g/mol. The molecule has 3 N–H and O–H groups in total. The van der Waals surface area contributed by atoms with Crippen LogP contribution in [0.25, 0.3) is 0 Å². The molecule has 0 radical (unpaired) electrons. The standard InChI is InChI=1S/C26H32N6O7/c1-4-9-31(26(37)39-14-38-21(34)12-33)25(36)19-11-32-22(16(19)3)23(27-13-28-32)30-20-10-17(6-5-15(20)2)24(35)29-18-7-8-18/h5-6,10,13,18-19,33H,4,7-9,11-12,14H2,1-3H3,(H,29,35)(H,27,28,30). The molecule has 1 aromatic carbocycles. The van der Waals surface area contributed by atoms with Crippen LogP contribution in [-0.2, 0) is 19.1 Å². The summed E-state index contributed by atoms with van der Waals surface area (Å²) in [7, 11) is 0. The zero-order chi connectivity index (χ0) is 28.1. The van der Waals surface area contributed by atoms with Crippen LogP contribution in [0, 0.1) is 12.8 Å². The molecule has 0 aromatic heterocycles. The first kappa shape index (κ1) is 27.8. The summed E-state index contributed by atoms with van der Waals surface area (Å²) < 4.78 is 9.49. The van der Waals surface area contributed by atoms with Crippen molar-refractivity contribution in [2.75, 3.05) is 26.5 Å². The number of aryl methyl sites for hydroxylation is 1. The first-order valence-corrected chi connectivity index (χ1v) is 12.8. The number of nitrogens with zero attached hydrogens (tertiary/aromatic N) is 4. The summed E-state index contributed by atoms with van der Waals surface area (Å²) in [5, 5.41) is 13.4. The molecule has 0 saturated heterocycles. The first-order chi connectivity index (χ1) is 18.7. The molecule has 13 heteroatoms. The van der Waals surface area contributed by atoms with Crippen molar-refractivity contribution in [3.05, 3.63) is 40.6 Å². The fourth-order valence-corrected chi connectivity index (χ4v) is 4.22. The zero-order valence-electron chi connectivity index (χ0n) is 22.1. The Kier molecular flexibility index (Phi) is 8.59. The third-order valence-corrected chi connectivity index (χ3v) is 6.52. The van der Waals surface area contributed by atoms with Crippen molar-refractivity contribution in [2.24, 2.45) is 15.9 Å². The number of aliphatic hydroxyl groups is 1. The van der Waals surface area contributed by atoms with Crippen LogP contribution in [0.4, 0.5) is 10.5 Å². The Morgan fingerprint density at radius 3 is 2.69 bits per heavy atom. The Balaban J connectivity index is 1.56. The average molecular weight is 541 g/mol. The van der Waals surface area contributed by atoms with Gasteiger partial charge in [-0.3, -0.25) is 20.0 Å². The van der Waals surface area contributed by atoms with Crippen molar-refractivity contribution >= 4 is 41.7 Å². The number of aliphatic imine (C=N–C) groups is 2. The van der Waals surface area contributed by atoms with Crippen molar-refractivity contribution in [1.29, 1.82) is 0 Å². The number of nitrogens with one attached hydrogen (secondary N) is 2. The molecule has 1 fully saturated rings. The van der Waals surface area contributed by atoms with Crippen LogP contribution in [0.1, 0.15) is 49.0 Å². The Morgan fingerprint density at radius 1 is 1.23 bits per heavy atom. The summed E-state index contributed by atoms with van der Waals surface area (Å²) in [5.41, 5.74) is 6.21. The Bertz CT molecular complexity index is 1250.